The fraction of sp³-hybridized carbons (Fsp3) is 0.176. The van der Waals surface area contributed by atoms with Crippen LogP contribution in [0.15, 0.2) is 36.4 Å². The van der Waals surface area contributed by atoms with E-state index in [1.807, 2.05) is 6.92 Å². The number of rotatable bonds is 5. The molecular formula is C17H16ClFN2O4. The lowest BCUT2D eigenvalue weighted by atomic mass is 10.2. The van der Waals surface area contributed by atoms with Crippen molar-refractivity contribution in [2.45, 2.75) is 6.92 Å². The standard InChI is InChI=1S/C17H16ClFN2O4/c1-3-25-14-7-4-10(8-15(14)24-2)16(22)20-21-17(23)12-9-11(18)5-6-13(12)19/h4-9H,3H2,1-2H3,(H,20,22)(H,21,23). The van der Waals surface area contributed by atoms with Crippen LogP contribution in [-0.2, 0) is 0 Å². The van der Waals surface area contributed by atoms with Gasteiger partial charge in [-0.1, -0.05) is 11.6 Å². The summed E-state index contributed by atoms with van der Waals surface area (Å²) in [5, 5.41) is 0.203. The molecule has 2 amide bonds. The third kappa shape index (κ3) is 4.60. The van der Waals surface area contributed by atoms with Crippen molar-refractivity contribution in [3.8, 4) is 11.5 Å². The summed E-state index contributed by atoms with van der Waals surface area (Å²) >= 11 is 5.73. The Morgan fingerprint density at radius 1 is 1.08 bits per heavy atom. The fourth-order valence-electron chi connectivity index (χ4n) is 2.01. The highest BCUT2D eigenvalue weighted by atomic mass is 35.5. The van der Waals surface area contributed by atoms with Crippen LogP contribution >= 0.6 is 11.6 Å². The van der Waals surface area contributed by atoms with Gasteiger partial charge in [0, 0.05) is 10.6 Å². The van der Waals surface area contributed by atoms with Crippen LogP contribution in [0, 0.1) is 5.82 Å². The number of carbonyl (C=O) groups is 2. The zero-order valence-electron chi connectivity index (χ0n) is 13.6. The number of benzene rings is 2. The summed E-state index contributed by atoms with van der Waals surface area (Å²) < 4.78 is 24.1. The Kier molecular flexibility index (Phi) is 6.19. The molecule has 0 aliphatic rings. The van der Waals surface area contributed by atoms with E-state index in [-0.39, 0.29) is 16.1 Å². The molecule has 0 atom stereocenters. The minimum Gasteiger partial charge on any atom is -0.493 e. The summed E-state index contributed by atoms with van der Waals surface area (Å²) in [6.45, 7) is 2.27. The van der Waals surface area contributed by atoms with Gasteiger partial charge in [0.2, 0.25) is 0 Å². The summed E-state index contributed by atoms with van der Waals surface area (Å²) in [4.78, 5) is 24.1. The molecule has 0 radical (unpaired) electrons. The van der Waals surface area contributed by atoms with E-state index in [0.29, 0.717) is 18.1 Å². The zero-order valence-corrected chi connectivity index (χ0v) is 14.3. The summed E-state index contributed by atoms with van der Waals surface area (Å²) in [7, 11) is 1.45. The average molecular weight is 367 g/mol. The van der Waals surface area contributed by atoms with Crippen molar-refractivity contribution < 1.29 is 23.5 Å². The average Bonchev–Trinajstić information content (AvgIpc) is 2.62. The van der Waals surface area contributed by atoms with Gasteiger partial charge in [0.05, 0.1) is 19.3 Å². The van der Waals surface area contributed by atoms with Crippen molar-refractivity contribution in [2.24, 2.45) is 0 Å². The summed E-state index contributed by atoms with van der Waals surface area (Å²) in [5.41, 5.74) is 4.28. The number of hydrogen-bond donors (Lipinski definition) is 2. The lowest BCUT2D eigenvalue weighted by Crippen LogP contribution is -2.41. The zero-order chi connectivity index (χ0) is 18.4. The van der Waals surface area contributed by atoms with Gasteiger partial charge < -0.3 is 9.47 Å². The Labute approximate surface area is 148 Å². The Bertz CT molecular complexity index is 798. The van der Waals surface area contributed by atoms with Crippen LogP contribution in [0.2, 0.25) is 5.02 Å². The van der Waals surface area contributed by atoms with Crippen LogP contribution in [0.25, 0.3) is 0 Å². The molecule has 0 aliphatic heterocycles. The number of hydrogen-bond acceptors (Lipinski definition) is 4. The summed E-state index contributed by atoms with van der Waals surface area (Å²) in [5.74, 6) is -1.31. The fourth-order valence-corrected chi connectivity index (χ4v) is 2.18. The van der Waals surface area contributed by atoms with Gasteiger partial charge in [0.25, 0.3) is 11.8 Å². The minimum atomic E-state index is -0.828. The SMILES string of the molecule is CCOc1ccc(C(=O)NNC(=O)c2cc(Cl)ccc2F)cc1OC. The van der Waals surface area contributed by atoms with E-state index in [1.165, 1.54) is 25.3 Å². The molecule has 0 bridgehead atoms. The molecule has 0 saturated carbocycles. The van der Waals surface area contributed by atoms with E-state index in [9.17, 15) is 14.0 Å². The second kappa shape index (κ2) is 8.34. The van der Waals surface area contributed by atoms with E-state index >= 15 is 0 Å². The molecule has 2 aromatic carbocycles. The third-order valence-corrected chi connectivity index (χ3v) is 3.42. The molecule has 8 heteroatoms. The van der Waals surface area contributed by atoms with Crippen molar-refractivity contribution >= 4 is 23.4 Å². The Balaban J connectivity index is 2.07. The highest BCUT2D eigenvalue weighted by Gasteiger charge is 2.15. The van der Waals surface area contributed by atoms with Crippen molar-refractivity contribution in [3.63, 3.8) is 0 Å². The van der Waals surface area contributed by atoms with Crippen LogP contribution in [-0.4, -0.2) is 25.5 Å². The van der Waals surface area contributed by atoms with E-state index < -0.39 is 17.6 Å². The number of carbonyl (C=O) groups excluding carboxylic acids is 2. The Morgan fingerprint density at radius 3 is 2.48 bits per heavy atom. The van der Waals surface area contributed by atoms with Crippen LogP contribution < -0.4 is 20.3 Å². The van der Waals surface area contributed by atoms with Gasteiger partial charge in [-0.2, -0.15) is 0 Å². The first-order valence-electron chi connectivity index (χ1n) is 7.32. The maximum atomic E-state index is 13.6. The Morgan fingerprint density at radius 2 is 1.80 bits per heavy atom. The van der Waals surface area contributed by atoms with Gasteiger partial charge >= 0.3 is 0 Å². The molecule has 0 spiro atoms. The first-order chi connectivity index (χ1) is 12.0. The van der Waals surface area contributed by atoms with Gasteiger partial charge in [-0.15, -0.1) is 0 Å². The highest BCUT2D eigenvalue weighted by Crippen LogP contribution is 2.27. The molecule has 2 aromatic rings. The van der Waals surface area contributed by atoms with Gasteiger partial charge in [0.15, 0.2) is 11.5 Å². The minimum absolute atomic E-state index is 0.203. The topological polar surface area (TPSA) is 76.7 Å². The molecule has 2 rings (SSSR count). The largest absolute Gasteiger partial charge is 0.493 e. The van der Waals surface area contributed by atoms with Gasteiger partial charge in [-0.05, 0) is 43.3 Å². The van der Waals surface area contributed by atoms with E-state index in [0.717, 1.165) is 12.1 Å². The quantitative estimate of drug-likeness (QED) is 0.798. The molecule has 2 N–H and O–H groups in total. The number of nitrogens with one attached hydrogen (secondary N) is 2. The molecule has 0 unspecified atom stereocenters. The predicted octanol–water partition coefficient (Wildman–Crippen LogP) is 2.96. The second-order valence-corrected chi connectivity index (χ2v) is 5.27. The number of amides is 2. The molecule has 0 aromatic heterocycles. The van der Waals surface area contributed by atoms with E-state index in [4.69, 9.17) is 21.1 Å². The van der Waals surface area contributed by atoms with Crippen molar-refractivity contribution in [2.75, 3.05) is 13.7 Å². The molecule has 132 valence electrons. The van der Waals surface area contributed by atoms with E-state index in [2.05, 4.69) is 10.9 Å². The molecule has 6 nitrogen and oxygen atoms in total. The number of methoxy groups -OCH3 is 1. The van der Waals surface area contributed by atoms with Crippen LogP contribution in [0.1, 0.15) is 27.6 Å². The van der Waals surface area contributed by atoms with Crippen molar-refractivity contribution in [3.05, 3.63) is 58.4 Å². The smallest absolute Gasteiger partial charge is 0.272 e. The number of halogens is 2. The van der Waals surface area contributed by atoms with Gasteiger partial charge in [-0.25, -0.2) is 4.39 Å². The van der Waals surface area contributed by atoms with Gasteiger partial charge in [0.1, 0.15) is 5.82 Å². The first-order valence-corrected chi connectivity index (χ1v) is 7.70. The predicted molar refractivity (Wildman–Crippen MR) is 90.5 cm³/mol. The lowest BCUT2D eigenvalue weighted by Gasteiger charge is -2.12. The molecule has 0 fully saturated rings. The van der Waals surface area contributed by atoms with Crippen LogP contribution in [0.4, 0.5) is 4.39 Å². The number of ether oxygens (including phenoxy) is 2. The first kappa shape index (κ1) is 18.5. The molecule has 0 heterocycles. The highest BCUT2D eigenvalue weighted by molar-refractivity contribution is 6.31. The third-order valence-electron chi connectivity index (χ3n) is 3.19. The summed E-state index contributed by atoms with van der Waals surface area (Å²) in [6.07, 6.45) is 0. The normalized spacial score (nSPS) is 10.1. The molecule has 0 aliphatic carbocycles. The summed E-state index contributed by atoms with van der Waals surface area (Å²) in [6, 6.07) is 8.10. The van der Waals surface area contributed by atoms with Gasteiger partial charge in [-0.3, -0.25) is 20.4 Å². The second-order valence-electron chi connectivity index (χ2n) is 4.83. The Hall–Kier alpha value is -2.80. The lowest BCUT2D eigenvalue weighted by molar-refractivity contribution is 0.0844. The maximum Gasteiger partial charge on any atom is 0.272 e. The van der Waals surface area contributed by atoms with Crippen molar-refractivity contribution in [1.82, 2.24) is 10.9 Å². The monoisotopic (exact) mass is 366 g/mol. The van der Waals surface area contributed by atoms with Crippen LogP contribution in [0.3, 0.4) is 0 Å². The number of hydrazine groups is 1. The molecular weight excluding hydrogens is 351 g/mol. The maximum absolute atomic E-state index is 13.6. The molecule has 0 saturated heterocycles. The van der Waals surface area contributed by atoms with E-state index in [1.54, 1.807) is 6.07 Å². The van der Waals surface area contributed by atoms with Crippen molar-refractivity contribution in [1.29, 1.82) is 0 Å². The molecule has 25 heavy (non-hydrogen) atoms. The van der Waals surface area contributed by atoms with Crippen LogP contribution in [0.5, 0.6) is 11.5 Å².